The highest BCUT2D eigenvalue weighted by atomic mass is 32.1. The minimum atomic E-state index is -1.01. The highest BCUT2D eigenvalue weighted by Gasteiger charge is 2.20. The molecule has 1 aromatic heterocycles. The van der Waals surface area contributed by atoms with Crippen LogP contribution in [0.1, 0.15) is 36.0 Å². The zero-order valence-corrected chi connectivity index (χ0v) is 11.2. The van der Waals surface area contributed by atoms with Crippen LogP contribution < -0.4 is 5.32 Å². The van der Waals surface area contributed by atoms with E-state index >= 15 is 0 Å². The molecule has 5 heteroatoms. The largest absolute Gasteiger partial charge is 0.478 e. The molecule has 0 saturated carbocycles. The summed E-state index contributed by atoms with van der Waals surface area (Å²) >= 11 is 1.29. The Morgan fingerprint density at radius 1 is 1.35 bits per heavy atom. The number of aryl methyl sites for hydroxylation is 1. The smallest absolute Gasteiger partial charge is 0.338 e. The summed E-state index contributed by atoms with van der Waals surface area (Å²) in [5, 5.41) is 12.1. The minimum absolute atomic E-state index is 0.135. The Labute approximate surface area is 105 Å². The Hall–Kier alpha value is -1.36. The SMILES string of the molecule is Cc1cc(C(=O)O)c(NC(=O)C(C)C(C)C)s1. The van der Waals surface area contributed by atoms with Crippen molar-refractivity contribution in [1.29, 1.82) is 0 Å². The van der Waals surface area contributed by atoms with Gasteiger partial charge in [-0.15, -0.1) is 11.3 Å². The van der Waals surface area contributed by atoms with Crippen molar-refractivity contribution in [2.24, 2.45) is 11.8 Å². The van der Waals surface area contributed by atoms with E-state index in [1.54, 1.807) is 6.07 Å². The molecule has 1 heterocycles. The number of carboxylic acid groups (broad SMARTS) is 1. The fourth-order valence-corrected chi connectivity index (χ4v) is 2.20. The van der Waals surface area contributed by atoms with Gasteiger partial charge in [0.2, 0.25) is 5.91 Å². The van der Waals surface area contributed by atoms with Crippen LogP contribution in [0.2, 0.25) is 0 Å². The molecule has 0 spiro atoms. The molecular formula is C12H17NO3S. The normalized spacial score (nSPS) is 12.5. The molecule has 1 rings (SSSR count). The van der Waals surface area contributed by atoms with Crippen LogP contribution in [0.25, 0.3) is 0 Å². The summed E-state index contributed by atoms with van der Waals surface area (Å²) < 4.78 is 0. The van der Waals surface area contributed by atoms with Gasteiger partial charge in [0.05, 0.1) is 5.56 Å². The summed E-state index contributed by atoms with van der Waals surface area (Å²) in [6.45, 7) is 7.57. The maximum absolute atomic E-state index is 11.8. The van der Waals surface area contributed by atoms with E-state index in [1.807, 2.05) is 27.7 Å². The molecule has 4 nitrogen and oxygen atoms in total. The van der Waals surface area contributed by atoms with Crippen LogP contribution in [0, 0.1) is 18.8 Å². The number of amides is 1. The predicted molar refractivity (Wildman–Crippen MR) is 68.6 cm³/mol. The zero-order chi connectivity index (χ0) is 13.2. The van der Waals surface area contributed by atoms with E-state index in [-0.39, 0.29) is 23.3 Å². The number of nitrogens with one attached hydrogen (secondary N) is 1. The molecule has 94 valence electrons. The molecule has 1 aromatic rings. The predicted octanol–water partition coefficient (Wildman–Crippen LogP) is 2.99. The van der Waals surface area contributed by atoms with Crippen LogP contribution in [0.15, 0.2) is 6.07 Å². The van der Waals surface area contributed by atoms with E-state index in [0.717, 1.165) is 4.88 Å². The van der Waals surface area contributed by atoms with Gasteiger partial charge in [-0.2, -0.15) is 0 Å². The lowest BCUT2D eigenvalue weighted by Crippen LogP contribution is -2.24. The van der Waals surface area contributed by atoms with Crippen molar-refractivity contribution in [3.63, 3.8) is 0 Å². The second-order valence-corrected chi connectivity index (χ2v) is 5.68. The van der Waals surface area contributed by atoms with E-state index in [0.29, 0.717) is 5.00 Å². The van der Waals surface area contributed by atoms with Gasteiger partial charge in [-0.25, -0.2) is 4.79 Å². The van der Waals surface area contributed by atoms with Gasteiger partial charge < -0.3 is 10.4 Å². The van der Waals surface area contributed by atoms with Crippen LogP contribution >= 0.6 is 11.3 Å². The first kappa shape index (κ1) is 13.7. The van der Waals surface area contributed by atoms with Crippen molar-refractivity contribution in [1.82, 2.24) is 0 Å². The molecule has 17 heavy (non-hydrogen) atoms. The molecule has 0 aliphatic rings. The lowest BCUT2D eigenvalue weighted by molar-refractivity contribution is -0.120. The molecule has 0 radical (unpaired) electrons. The number of hydrogen-bond acceptors (Lipinski definition) is 3. The number of anilines is 1. The number of hydrogen-bond donors (Lipinski definition) is 2. The lowest BCUT2D eigenvalue weighted by atomic mass is 9.97. The molecule has 0 aliphatic heterocycles. The van der Waals surface area contributed by atoms with Gasteiger partial charge >= 0.3 is 5.97 Å². The fraction of sp³-hybridized carbons (Fsp3) is 0.500. The van der Waals surface area contributed by atoms with Crippen LogP contribution in [0.4, 0.5) is 5.00 Å². The third-order valence-corrected chi connectivity index (χ3v) is 3.70. The van der Waals surface area contributed by atoms with E-state index in [2.05, 4.69) is 5.32 Å². The molecule has 0 fully saturated rings. The number of carbonyl (C=O) groups excluding carboxylic acids is 1. The first-order valence-corrected chi connectivity index (χ1v) is 6.29. The number of carbonyl (C=O) groups is 2. The summed E-state index contributed by atoms with van der Waals surface area (Å²) in [5.41, 5.74) is 0.164. The van der Waals surface area contributed by atoms with Crippen LogP contribution in [-0.2, 0) is 4.79 Å². The summed E-state index contributed by atoms with van der Waals surface area (Å²) in [4.78, 5) is 23.7. The quantitative estimate of drug-likeness (QED) is 0.869. The summed E-state index contributed by atoms with van der Waals surface area (Å²) in [6.07, 6.45) is 0. The lowest BCUT2D eigenvalue weighted by Gasteiger charge is -2.14. The molecule has 1 unspecified atom stereocenters. The van der Waals surface area contributed by atoms with E-state index in [1.165, 1.54) is 11.3 Å². The van der Waals surface area contributed by atoms with Crippen molar-refractivity contribution in [2.75, 3.05) is 5.32 Å². The second kappa shape index (κ2) is 5.31. The molecule has 1 amide bonds. The van der Waals surface area contributed by atoms with Gasteiger partial charge in [0.15, 0.2) is 0 Å². The standard InChI is InChI=1S/C12H17NO3S/c1-6(2)8(4)10(14)13-11-9(12(15)16)5-7(3)17-11/h5-6,8H,1-4H3,(H,13,14)(H,15,16). The maximum atomic E-state index is 11.8. The third kappa shape index (κ3) is 3.30. The number of thiophene rings is 1. The average Bonchev–Trinajstić information content (AvgIpc) is 2.58. The second-order valence-electron chi connectivity index (χ2n) is 4.43. The zero-order valence-electron chi connectivity index (χ0n) is 10.4. The Balaban J connectivity index is 2.88. The first-order chi connectivity index (χ1) is 7.82. The van der Waals surface area contributed by atoms with Crippen molar-refractivity contribution < 1.29 is 14.7 Å². The molecule has 0 bridgehead atoms. The third-order valence-electron chi connectivity index (χ3n) is 2.74. The maximum Gasteiger partial charge on any atom is 0.338 e. The van der Waals surface area contributed by atoms with Gasteiger partial charge in [-0.1, -0.05) is 20.8 Å². The summed E-state index contributed by atoms with van der Waals surface area (Å²) in [7, 11) is 0. The van der Waals surface area contributed by atoms with Gasteiger partial charge in [0.25, 0.3) is 0 Å². The van der Waals surface area contributed by atoms with Crippen molar-refractivity contribution >= 4 is 28.2 Å². The van der Waals surface area contributed by atoms with Gasteiger partial charge in [-0.05, 0) is 18.9 Å². The van der Waals surface area contributed by atoms with E-state index < -0.39 is 5.97 Å². The Morgan fingerprint density at radius 2 is 1.94 bits per heavy atom. The highest BCUT2D eigenvalue weighted by Crippen LogP contribution is 2.28. The Morgan fingerprint density at radius 3 is 2.41 bits per heavy atom. The summed E-state index contributed by atoms with van der Waals surface area (Å²) in [5.74, 6) is -1.06. The van der Waals surface area contributed by atoms with Crippen molar-refractivity contribution in [3.8, 4) is 0 Å². The van der Waals surface area contributed by atoms with Gasteiger partial charge in [0, 0.05) is 10.8 Å². The van der Waals surface area contributed by atoms with Crippen LogP contribution in [0.5, 0.6) is 0 Å². The molecule has 0 aromatic carbocycles. The molecular weight excluding hydrogens is 238 g/mol. The average molecular weight is 255 g/mol. The molecule has 1 atom stereocenters. The number of carboxylic acids is 1. The topological polar surface area (TPSA) is 66.4 Å². The monoisotopic (exact) mass is 255 g/mol. The molecule has 0 aliphatic carbocycles. The molecule has 0 saturated heterocycles. The van der Waals surface area contributed by atoms with Crippen molar-refractivity contribution in [2.45, 2.75) is 27.7 Å². The van der Waals surface area contributed by atoms with Crippen molar-refractivity contribution in [3.05, 3.63) is 16.5 Å². The minimum Gasteiger partial charge on any atom is -0.478 e. The van der Waals surface area contributed by atoms with Gasteiger partial charge in [0.1, 0.15) is 5.00 Å². The Bertz CT molecular complexity index is 437. The van der Waals surface area contributed by atoms with Crippen LogP contribution in [0.3, 0.4) is 0 Å². The van der Waals surface area contributed by atoms with E-state index in [9.17, 15) is 9.59 Å². The molecule has 2 N–H and O–H groups in total. The van der Waals surface area contributed by atoms with Crippen LogP contribution in [-0.4, -0.2) is 17.0 Å². The van der Waals surface area contributed by atoms with Gasteiger partial charge in [-0.3, -0.25) is 4.79 Å². The highest BCUT2D eigenvalue weighted by molar-refractivity contribution is 7.16. The van der Waals surface area contributed by atoms with E-state index in [4.69, 9.17) is 5.11 Å². The Kier molecular flexibility index (Phi) is 4.28. The first-order valence-electron chi connectivity index (χ1n) is 5.47. The number of rotatable bonds is 4. The number of aromatic carboxylic acids is 1. The fourth-order valence-electron chi connectivity index (χ4n) is 1.29. The summed E-state index contributed by atoms with van der Waals surface area (Å²) in [6, 6.07) is 1.57.